The molecule has 1 saturated carbocycles. The summed E-state index contributed by atoms with van der Waals surface area (Å²) in [6.07, 6.45) is 4.88. The number of carbonyl (C=O) groups excluding carboxylic acids is 1. The van der Waals surface area contributed by atoms with Gasteiger partial charge < -0.3 is 30.3 Å². The number of hydrogen-bond acceptors (Lipinski definition) is 7. The molecule has 0 spiro atoms. The lowest BCUT2D eigenvalue weighted by atomic mass is 9.78. The van der Waals surface area contributed by atoms with Crippen molar-refractivity contribution in [2.24, 2.45) is 11.7 Å². The summed E-state index contributed by atoms with van der Waals surface area (Å²) >= 11 is 6.89. The first-order valence-electron chi connectivity index (χ1n) is 14.0. The van der Waals surface area contributed by atoms with Crippen LogP contribution in [0.25, 0.3) is 21.9 Å². The van der Waals surface area contributed by atoms with E-state index in [0.717, 1.165) is 22.8 Å². The van der Waals surface area contributed by atoms with E-state index in [-0.39, 0.29) is 18.4 Å². The molecular weight excluding hydrogens is 530 g/mol. The zero-order valence-corrected chi connectivity index (χ0v) is 23.6. The molecule has 2 fully saturated rings. The zero-order chi connectivity index (χ0) is 28.3. The number of aliphatic hydroxyl groups excluding tert-OH is 1. The number of aromatic nitrogens is 1. The number of unbranched alkanes of at least 4 members (excludes halogenated alkanes) is 1. The summed E-state index contributed by atoms with van der Waals surface area (Å²) in [5.74, 6) is -0.381. The van der Waals surface area contributed by atoms with Crippen molar-refractivity contribution in [2.45, 2.75) is 56.0 Å². The van der Waals surface area contributed by atoms with E-state index in [2.05, 4.69) is 4.98 Å². The Bertz CT molecular complexity index is 1320. The summed E-state index contributed by atoms with van der Waals surface area (Å²) in [6.45, 7) is 1.52. The fraction of sp³-hybridized carbons (Fsp3) is 0.484. The molecule has 0 unspecified atom stereocenters. The van der Waals surface area contributed by atoms with E-state index in [1.165, 1.54) is 0 Å². The zero-order valence-electron chi connectivity index (χ0n) is 22.8. The maximum absolute atomic E-state index is 13.5. The first-order valence-corrected chi connectivity index (χ1v) is 14.4. The van der Waals surface area contributed by atoms with Gasteiger partial charge in [0.15, 0.2) is 0 Å². The molecule has 40 heavy (non-hydrogen) atoms. The van der Waals surface area contributed by atoms with Crippen molar-refractivity contribution in [3.63, 3.8) is 0 Å². The minimum atomic E-state index is -1.45. The summed E-state index contributed by atoms with van der Waals surface area (Å²) in [5.41, 5.74) is 6.73. The monoisotopic (exact) mass is 567 g/mol. The lowest BCUT2D eigenvalue weighted by Crippen LogP contribution is -2.55. The number of pyridine rings is 1. The summed E-state index contributed by atoms with van der Waals surface area (Å²) < 4.78 is 11.5. The molecule has 1 aliphatic heterocycles. The van der Waals surface area contributed by atoms with Crippen LogP contribution in [0.1, 0.15) is 37.7 Å². The number of amides is 1. The Morgan fingerprint density at radius 2 is 2.02 bits per heavy atom. The van der Waals surface area contributed by atoms with Gasteiger partial charge in [-0.15, -0.1) is 0 Å². The third kappa shape index (κ3) is 5.75. The summed E-state index contributed by atoms with van der Waals surface area (Å²) in [7, 11) is 1.66. The van der Waals surface area contributed by atoms with Crippen molar-refractivity contribution in [1.82, 2.24) is 9.88 Å². The largest absolute Gasteiger partial charge is 0.391 e. The maximum atomic E-state index is 13.5. The van der Waals surface area contributed by atoms with Gasteiger partial charge in [-0.05, 0) is 49.1 Å². The third-order valence-electron chi connectivity index (χ3n) is 8.41. The number of halogens is 1. The van der Waals surface area contributed by atoms with E-state index < -0.39 is 23.9 Å². The van der Waals surface area contributed by atoms with Gasteiger partial charge in [-0.25, -0.2) is 0 Å². The van der Waals surface area contributed by atoms with E-state index in [0.29, 0.717) is 61.6 Å². The fourth-order valence-electron chi connectivity index (χ4n) is 6.23. The Balaban J connectivity index is 1.54. The van der Waals surface area contributed by atoms with Crippen LogP contribution in [0.5, 0.6) is 0 Å². The van der Waals surface area contributed by atoms with Crippen LogP contribution >= 0.6 is 11.6 Å². The van der Waals surface area contributed by atoms with E-state index in [1.54, 1.807) is 18.2 Å². The maximum Gasteiger partial charge on any atom is 0.226 e. The number of methoxy groups -OCH3 is 1. The van der Waals surface area contributed by atoms with E-state index in [1.807, 2.05) is 48.7 Å². The average Bonchev–Trinajstić information content (AvgIpc) is 3.32. The van der Waals surface area contributed by atoms with Gasteiger partial charge in [0, 0.05) is 66.2 Å². The van der Waals surface area contributed by atoms with Crippen molar-refractivity contribution in [3.8, 4) is 11.1 Å². The van der Waals surface area contributed by atoms with Crippen molar-refractivity contribution in [3.05, 3.63) is 65.4 Å². The van der Waals surface area contributed by atoms with Gasteiger partial charge in [-0.1, -0.05) is 48.0 Å². The average molecular weight is 568 g/mol. The summed E-state index contributed by atoms with van der Waals surface area (Å²) in [4.78, 5) is 19.7. The number of benzene rings is 2. The number of nitrogens with two attached hydrogens (primary N) is 1. The molecule has 2 aromatic carbocycles. The van der Waals surface area contributed by atoms with Crippen LogP contribution in [0.4, 0.5) is 0 Å². The lowest BCUT2D eigenvalue weighted by Gasteiger charge is -2.44. The Morgan fingerprint density at radius 3 is 2.80 bits per heavy atom. The predicted octanol–water partition coefficient (Wildman–Crippen LogP) is 3.89. The van der Waals surface area contributed by atoms with Crippen LogP contribution in [-0.4, -0.2) is 77.7 Å². The van der Waals surface area contributed by atoms with Crippen LogP contribution in [0.15, 0.2) is 54.9 Å². The number of aliphatic hydroxyl groups is 2. The van der Waals surface area contributed by atoms with Gasteiger partial charge in [-0.2, -0.15) is 0 Å². The molecule has 5 atom stereocenters. The highest BCUT2D eigenvalue weighted by Crippen LogP contribution is 2.44. The number of fused-ring (bicyclic) bond motifs is 1. The Hall–Kier alpha value is -2.59. The number of nitrogens with zero attached hydrogens (tertiary/aromatic N) is 2. The number of morpholine rings is 1. The highest BCUT2D eigenvalue weighted by molar-refractivity contribution is 6.34. The van der Waals surface area contributed by atoms with Crippen LogP contribution in [0.2, 0.25) is 5.02 Å². The number of hydrogen-bond donors (Lipinski definition) is 3. The minimum absolute atomic E-state index is 0.0494. The molecule has 8 nitrogen and oxygen atoms in total. The molecule has 1 aliphatic carbocycles. The van der Waals surface area contributed by atoms with Gasteiger partial charge in [-0.3, -0.25) is 9.78 Å². The van der Waals surface area contributed by atoms with Crippen LogP contribution in [-0.2, 0) is 19.9 Å². The van der Waals surface area contributed by atoms with Crippen LogP contribution in [0, 0.1) is 5.92 Å². The number of carbonyl (C=O) groups is 1. The molecule has 0 bridgehead atoms. The van der Waals surface area contributed by atoms with Crippen LogP contribution < -0.4 is 5.73 Å². The van der Waals surface area contributed by atoms with Crippen molar-refractivity contribution >= 4 is 28.3 Å². The molecule has 2 aliphatic rings. The summed E-state index contributed by atoms with van der Waals surface area (Å²) in [6, 6.07) is 13.1. The van der Waals surface area contributed by atoms with Crippen molar-refractivity contribution in [2.75, 3.05) is 33.4 Å². The number of rotatable bonds is 9. The third-order valence-corrected chi connectivity index (χ3v) is 8.73. The molecule has 4 N–H and O–H groups in total. The summed E-state index contributed by atoms with van der Waals surface area (Å²) in [5, 5.41) is 25.2. The second kappa shape index (κ2) is 12.5. The second-order valence-corrected chi connectivity index (χ2v) is 11.4. The van der Waals surface area contributed by atoms with E-state index in [4.69, 9.17) is 26.8 Å². The van der Waals surface area contributed by atoms with Gasteiger partial charge in [0.2, 0.25) is 5.91 Å². The minimum Gasteiger partial charge on any atom is -0.391 e. The molecule has 5 rings (SSSR count). The molecule has 0 radical (unpaired) electrons. The highest BCUT2D eigenvalue weighted by Gasteiger charge is 2.46. The SMILES string of the molecule is COCCCC[C@@](O)(c1cccc(Cl)c1-c1cncc2ccccc12)[C@@H]1CN(C(=O)[C@H]2C[C@@H](N)[C@@H](O)C2)CCO1. The quantitative estimate of drug-likeness (QED) is 0.336. The molecule has 3 aromatic rings. The van der Waals surface area contributed by atoms with Gasteiger partial charge in [0.05, 0.1) is 19.3 Å². The van der Waals surface area contributed by atoms with Gasteiger partial charge >= 0.3 is 0 Å². The highest BCUT2D eigenvalue weighted by atomic mass is 35.5. The molecule has 1 amide bonds. The Kier molecular flexibility index (Phi) is 9.05. The van der Waals surface area contributed by atoms with Gasteiger partial charge in [0.1, 0.15) is 11.7 Å². The molecule has 214 valence electrons. The van der Waals surface area contributed by atoms with E-state index in [9.17, 15) is 15.0 Å². The van der Waals surface area contributed by atoms with Crippen molar-refractivity contribution in [1.29, 1.82) is 0 Å². The Morgan fingerprint density at radius 1 is 1.20 bits per heavy atom. The molecule has 1 aromatic heterocycles. The topological polar surface area (TPSA) is 118 Å². The second-order valence-electron chi connectivity index (χ2n) is 11.0. The first-order chi connectivity index (χ1) is 19.3. The molecule has 1 saturated heterocycles. The normalized spacial score (nSPS) is 24.8. The molecule has 2 heterocycles. The molecular formula is C31H38ClN3O5. The molecule has 9 heteroatoms. The predicted molar refractivity (Wildman–Crippen MR) is 155 cm³/mol. The van der Waals surface area contributed by atoms with Crippen molar-refractivity contribution < 1.29 is 24.5 Å². The fourth-order valence-corrected chi connectivity index (χ4v) is 6.51. The smallest absolute Gasteiger partial charge is 0.226 e. The lowest BCUT2D eigenvalue weighted by molar-refractivity contribution is -0.167. The standard InChI is InChI=1S/C31H38ClN3O5/c1-39-13-5-4-11-31(38,28-19-35(12-14-40-28)30(37)21-15-26(33)27(36)16-21)24-9-6-10-25(32)29(24)23-18-34-17-20-7-2-3-8-22(20)23/h2-3,6-10,17-18,21,26-28,36,38H,4-5,11-16,19,33H2,1H3/t21-,26+,27-,28-,31+/m0/s1. The first kappa shape index (κ1) is 28.9. The van der Waals surface area contributed by atoms with Crippen LogP contribution in [0.3, 0.4) is 0 Å². The van der Waals surface area contributed by atoms with E-state index >= 15 is 0 Å². The Labute approximate surface area is 240 Å². The number of ether oxygens (including phenoxy) is 2. The van der Waals surface area contributed by atoms with Gasteiger partial charge in [0.25, 0.3) is 0 Å².